The van der Waals surface area contributed by atoms with E-state index in [2.05, 4.69) is 0 Å². The standard InChI is InChI=1S/C8H17NO3/c1-2-3-11-8-4-6(9)7(5-10)12-8/h6-8,10H,2-5,9H2,1H3/t6?,7-,8-/m1/s1. The molecule has 0 radical (unpaired) electrons. The summed E-state index contributed by atoms with van der Waals surface area (Å²) in [6.45, 7) is 2.71. The molecule has 0 aromatic rings. The van der Waals surface area contributed by atoms with E-state index in [0.29, 0.717) is 13.0 Å². The van der Waals surface area contributed by atoms with Gasteiger partial charge < -0.3 is 20.3 Å². The van der Waals surface area contributed by atoms with E-state index < -0.39 is 0 Å². The van der Waals surface area contributed by atoms with Crippen LogP contribution in [-0.2, 0) is 9.47 Å². The van der Waals surface area contributed by atoms with E-state index in [9.17, 15) is 0 Å². The number of hydrogen-bond donors (Lipinski definition) is 2. The van der Waals surface area contributed by atoms with Crippen LogP contribution in [0.3, 0.4) is 0 Å². The first-order valence-corrected chi connectivity index (χ1v) is 4.41. The van der Waals surface area contributed by atoms with Crippen molar-refractivity contribution in [3.8, 4) is 0 Å². The van der Waals surface area contributed by atoms with Crippen molar-refractivity contribution in [2.75, 3.05) is 13.2 Å². The summed E-state index contributed by atoms with van der Waals surface area (Å²) in [5.41, 5.74) is 5.69. The number of nitrogens with two attached hydrogens (primary N) is 1. The van der Waals surface area contributed by atoms with Crippen LogP contribution in [-0.4, -0.2) is 36.8 Å². The largest absolute Gasteiger partial charge is 0.394 e. The Bertz CT molecular complexity index is 131. The van der Waals surface area contributed by atoms with Crippen LogP contribution in [0.2, 0.25) is 0 Å². The molecule has 12 heavy (non-hydrogen) atoms. The van der Waals surface area contributed by atoms with Crippen molar-refractivity contribution in [1.82, 2.24) is 0 Å². The van der Waals surface area contributed by atoms with Crippen molar-refractivity contribution in [2.45, 2.75) is 38.2 Å². The highest BCUT2D eigenvalue weighted by molar-refractivity contribution is 4.80. The minimum absolute atomic E-state index is 0.0207. The average molecular weight is 175 g/mol. The minimum Gasteiger partial charge on any atom is -0.394 e. The van der Waals surface area contributed by atoms with Gasteiger partial charge in [0.1, 0.15) is 0 Å². The second-order valence-electron chi connectivity index (χ2n) is 3.06. The van der Waals surface area contributed by atoms with Crippen molar-refractivity contribution >= 4 is 0 Å². The van der Waals surface area contributed by atoms with E-state index in [4.69, 9.17) is 20.3 Å². The predicted molar refractivity (Wildman–Crippen MR) is 44.6 cm³/mol. The Hall–Kier alpha value is -0.160. The summed E-state index contributed by atoms with van der Waals surface area (Å²) in [6, 6.07) is -0.0862. The molecule has 1 rings (SSSR count). The zero-order chi connectivity index (χ0) is 8.97. The number of aliphatic hydroxyl groups is 1. The molecule has 0 bridgehead atoms. The molecule has 3 N–H and O–H groups in total. The Morgan fingerprint density at radius 1 is 1.67 bits per heavy atom. The van der Waals surface area contributed by atoms with Crippen LogP contribution in [0.15, 0.2) is 0 Å². The van der Waals surface area contributed by atoms with Gasteiger partial charge in [-0.1, -0.05) is 6.92 Å². The van der Waals surface area contributed by atoms with Crippen LogP contribution < -0.4 is 5.73 Å². The lowest BCUT2D eigenvalue weighted by Crippen LogP contribution is -2.32. The Kier molecular flexibility index (Phi) is 3.94. The number of hydrogen-bond acceptors (Lipinski definition) is 4. The first kappa shape index (κ1) is 9.92. The zero-order valence-corrected chi connectivity index (χ0v) is 7.40. The van der Waals surface area contributed by atoms with Crippen molar-refractivity contribution in [1.29, 1.82) is 0 Å². The smallest absolute Gasteiger partial charge is 0.159 e. The number of rotatable bonds is 4. The lowest BCUT2D eigenvalue weighted by Gasteiger charge is -2.12. The van der Waals surface area contributed by atoms with Crippen molar-refractivity contribution in [2.24, 2.45) is 5.73 Å². The third-order valence-corrected chi connectivity index (χ3v) is 1.96. The summed E-state index contributed by atoms with van der Waals surface area (Å²) in [4.78, 5) is 0. The van der Waals surface area contributed by atoms with E-state index >= 15 is 0 Å². The second-order valence-corrected chi connectivity index (χ2v) is 3.06. The molecule has 0 aromatic carbocycles. The van der Waals surface area contributed by atoms with Crippen LogP contribution in [0.25, 0.3) is 0 Å². The van der Waals surface area contributed by atoms with Crippen molar-refractivity contribution in [3.63, 3.8) is 0 Å². The Labute approximate surface area is 72.6 Å². The number of ether oxygens (including phenoxy) is 2. The topological polar surface area (TPSA) is 64.7 Å². The minimum atomic E-state index is -0.244. The maximum Gasteiger partial charge on any atom is 0.159 e. The summed E-state index contributed by atoms with van der Waals surface area (Å²) in [6.07, 6.45) is 1.20. The lowest BCUT2D eigenvalue weighted by molar-refractivity contribution is -0.140. The molecule has 0 amide bonds. The van der Waals surface area contributed by atoms with Crippen molar-refractivity contribution in [3.05, 3.63) is 0 Å². The van der Waals surface area contributed by atoms with Gasteiger partial charge in [0.25, 0.3) is 0 Å². The molecule has 1 heterocycles. The Morgan fingerprint density at radius 3 is 2.92 bits per heavy atom. The molecule has 0 saturated carbocycles. The highest BCUT2D eigenvalue weighted by Crippen LogP contribution is 2.19. The summed E-state index contributed by atoms with van der Waals surface area (Å²) >= 11 is 0. The molecule has 0 aromatic heterocycles. The summed E-state index contributed by atoms with van der Waals surface area (Å²) in [5, 5.41) is 8.82. The zero-order valence-electron chi connectivity index (χ0n) is 7.40. The monoisotopic (exact) mass is 175 g/mol. The quantitative estimate of drug-likeness (QED) is 0.623. The molecule has 1 aliphatic heterocycles. The van der Waals surface area contributed by atoms with Gasteiger partial charge in [0.2, 0.25) is 0 Å². The maximum absolute atomic E-state index is 8.82. The van der Waals surface area contributed by atoms with Crippen LogP contribution in [0.1, 0.15) is 19.8 Å². The van der Waals surface area contributed by atoms with Gasteiger partial charge in [-0.15, -0.1) is 0 Å². The van der Waals surface area contributed by atoms with Gasteiger partial charge in [0.05, 0.1) is 12.7 Å². The van der Waals surface area contributed by atoms with Gasteiger partial charge in [-0.25, -0.2) is 0 Å². The van der Waals surface area contributed by atoms with Gasteiger partial charge in [-0.05, 0) is 6.42 Å². The Balaban J connectivity index is 2.23. The van der Waals surface area contributed by atoms with E-state index in [-0.39, 0.29) is 25.0 Å². The molecule has 4 heteroatoms. The molecule has 4 nitrogen and oxygen atoms in total. The molecule has 1 saturated heterocycles. The normalized spacial score (nSPS) is 35.8. The number of aliphatic hydroxyl groups excluding tert-OH is 1. The van der Waals surface area contributed by atoms with E-state index in [1.807, 2.05) is 6.92 Å². The molecule has 72 valence electrons. The summed E-state index contributed by atoms with van der Waals surface area (Å²) < 4.78 is 10.7. The predicted octanol–water partition coefficient (Wildman–Crippen LogP) is -0.152. The maximum atomic E-state index is 8.82. The van der Waals surface area contributed by atoms with Crippen LogP contribution in [0.5, 0.6) is 0 Å². The van der Waals surface area contributed by atoms with Crippen LogP contribution in [0, 0.1) is 0 Å². The van der Waals surface area contributed by atoms with E-state index in [1.54, 1.807) is 0 Å². The molecule has 0 spiro atoms. The highest BCUT2D eigenvalue weighted by Gasteiger charge is 2.32. The fourth-order valence-electron chi connectivity index (χ4n) is 1.26. The summed E-state index contributed by atoms with van der Waals surface area (Å²) in [7, 11) is 0. The molecule has 1 fully saturated rings. The SMILES string of the molecule is CCCO[C@H]1CC(N)[C@@H](CO)O1. The van der Waals surface area contributed by atoms with Gasteiger partial charge >= 0.3 is 0 Å². The van der Waals surface area contributed by atoms with Gasteiger partial charge in [0, 0.05) is 19.1 Å². The van der Waals surface area contributed by atoms with Gasteiger partial charge in [0.15, 0.2) is 6.29 Å². The fourth-order valence-corrected chi connectivity index (χ4v) is 1.26. The molecule has 1 unspecified atom stereocenters. The highest BCUT2D eigenvalue weighted by atomic mass is 16.7. The Morgan fingerprint density at radius 2 is 2.42 bits per heavy atom. The first-order chi connectivity index (χ1) is 5.77. The molecular formula is C8H17NO3. The van der Waals surface area contributed by atoms with E-state index in [1.165, 1.54) is 0 Å². The first-order valence-electron chi connectivity index (χ1n) is 4.41. The molecule has 3 atom stereocenters. The lowest BCUT2D eigenvalue weighted by atomic mass is 10.1. The van der Waals surface area contributed by atoms with Crippen molar-refractivity contribution < 1.29 is 14.6 Å². The third-order valence-electron chi connectivity index (χ3n) is 1.96. The molecule has 0 aliphatic carbocycles. The van der Waals surface area contributed by atoms with Gasteiger partial charge in [-0.3, -0.25) is 0 Å². The van der Waals surface area contributed by atoms with Crippen LogP contribution >= 0.6 is 0 Å². The third kappa shape index (κ3) is 2.42. The fraction of sp³-hybridized carbons (Fsp3) is 1.00. The van der Waals surface area contributed by atoms with Crippen LogP contribution in [0.4, 0.5) is 0 Å². The molecular weight excluding hydrogens is 158 g/mol. The second kappa shape index (κ2) is 4.77. The molecule has 1 aliphatic rings. The summed E-state index contributed by atoms with van der Waals surface area (Å²) in [5.74, 6) is 0. The van der Waals surface area contributed by atoms with Gasteiger partial charge in [-0.2, -0.15) is 0 Å². The van der Waals surface area contributed by atoms with E-state index in [0.717, 1.165) is 6.42 Å². The average Bonchev–Trinajstić information content (AvgIpc) is 2.43.